The predicted octanol–water partition coefficient (Wildman–Crippen LogP) is 0.744. The van der Waals surface area contributed by atoms with Gasteiger partial charge in [-0.15, -0.1) is 0 Å². The van der Waals surface area contributed by atoms with Gasteiger partial charge in [0.15, 0.2) is 0 Å². The zero-order chi connectivity index (χ0) is 9.07. The Kier molecular flexibility index (Phi) is 3.89. The van der Waals surface area contributed by atoms with Gasteiger partial charge < -0.3 is 10.8 Å². The second-order valence-electron chi connectivity index (χ2n) is 2.81. The topological polar surface area (TPSA) is 63.3 Å². The second-order valence-corrected chi connectivity index (χ2v) is 3.13. The summed E-state index contributed by atoms with van der Waals surface area (Å²) in [7, 11) is 0. The van der Waals surface area contributed by atoms with E-state index in [0.717, 1.165) is 6.42 Å². The molecule has 66 valence electrons. The number of carboxylic acid groups (broad SMARTS) is 1. The molecule has 11 heavy (non-hydrogen) atoms. The van der Waals surface area contributed by atoms with Gasteiger partial charge in [-0.1, -0.05) is 20.3 Å². The van der Waals surface area contributed by atoms with E-state index in [1.807, 2.05) is 13.8 Å². The molecule has 4 heteroatoms. The number of hydrogen-bond donors (Lipinski definition) is 3. The smallest absolute Gasteiger partial charge is 0.324 e. The number of aliphatic carboxylic acids is 1. The Morgan fingerprint density at radius 2 is 2.27 bits per heavy atom. The van der Waals surface area contributed by atoms with Crippen molar-refractivity contribution in [3.63, 3.8) is 0 Å². The third kappa shape index (κ3) is 2.10. The first-order valence-electron chi connectivity index (χ1n) is 3.62. The van der Waals surface area contributed by atoms with E-state index in [0.29, 0.717) is 0 Å². The molecule has 0 bridgehead atoms. The van der Waals surface area contributed by atoms with E-state index in [9.17, 15) is 4.79 Å². The fourth-order valence-electron chi connectivity index (χ4n) is 0.799. The lowest BCUT2D eigenvalue weighted by Crippen LogP contribution is -2.54. The van der Waals surface area contributed by atoms with Crippen molar-refractivity contribution in [3.8, 4) is 0 Å². The summed E-state index contributed by atoms with van der Waals surface area (Å²) < 4.78 is 0. The summed E-state index contributed by atoms with van der Waals surface area (Å²) in [6.45, 7) is 3.74. The number of carboxylic acids is 1. The molecule has 0 aromatic heterocycles. The summed E-state index contributed by atoms with van der Waals surface area (Å²) in [4.78, 5) is 10.7. The van der Waals surface area contributed by atoms with Crippen LogP contribution in [-0.4, -0.2) is 22.4 Å². The molecule has 0 heterocycles. The summed E-state index contributed by atoms with van der Waals surface area (Å²) in [6, 6.07) is 0. The van der Waals surface area contributed by atoms with Gasteiger partial charge in [-0.25, -0.2) is 0 Å². The summed E-state index contributed by atoms with van der Waals surface area (Å²) in [5.41, 5.74) is 4.45. The van der Waals surface area contributed by atoms with Gasteiger partial charge in [0.05, 0.1) is 0 Å². The van der Waals surface area contributed by atoms with Crippen LogP contribution in [0.2, 0.25) is 0 Å². The zero-order valence-corrected chi connectivity index (χ0v) is 7.77. The van der Waals surface area contributed by atoms with Crippen LogP contribution < -0.4 is 5.73 Å². The van der Waals surface area contributed by atoms with Crippen LogP contribution in [0.1, 0.15) is 20.3 Å². The highest BCUT2D eigenvalue weighted by atomic mass is 32.1. The second kappa shape index (κ2) is 3.97. The van der Waals surface area contributed by atoms with Crippen molar-refractivity contribution in [1.29, 1.82) is 0 Å². The molecule has 0 aliphatic heterocycles. The number of rotatable bonds is 4. The van der Waals surface area contributed by atoms with Gasteiger partial charge in [0.2, 0.25) is 0 Å². The van der Waals surface area contributed by atoms with Gasteiger partial charge in [-0.3, -0.25) is 4.79 Å². The van der Waals surface area contributed by atoms with Crippen molar-refractivity contribution in [3.05, 3.63) is 0 Å². The van der Waals surface area contributed by atoms with Crippen LogP contribution in [0.25, 0.3) is 0 Å². The maximum absolute atomic E-state index is 10.7. The van der Waals surface area contributed by atoms with Crippen molar-refractivity contribution >= 4 is 18.6 Å². The van der Waals surface area contributed by atoms with Crippen molar-refractivity contribution in [1.82, 2.24) is 0 Å². The van der Waals surface area contributed by atoms with E-state index < -0.39 is 11.5 Å². The molecule has 0 saturated heterocycles. The van der Waals surface area contributed by atoms with E-state index in [-0.39, 0.29) is 11.7 Å². The molecule has 0 aliphatic carbocycles. The minimum Gasteiger partial charge on any atom is -0.480 e. The van der Waals surface area contributed by atoms with Crippen molar-refractivity contribution in [2.45, 2.75) is 25.8 Å². The van der Waals surface area contributed by atoms with Gasteiger partial charge in [-0.05, 0) is 5.92 Å². The van der Waals surface area contributed by atoms with Crippen molar-refractivity contribution in [2.24, 2.45) is 11.7 Å². The highest BCUT2D eigenvalue weighted by Gasteiger charge is 2.37. The minimum atomic E-state index is -1.17. The van der Waals surface area contributed by atoms with Crippen LogP contribution in [0.4, 0.5) is 0 Å². The van der Waals surface area contributed by atoms with Gasteiger partial charge >= 0.3 is 5.97 Å². The largest absolute Gasteiger partial charge is 0.480 e. The summed E-state index contributed by atoms with van der Waals surface area (Å²) in [5, 5.41) is 8.76. The zero-order valence-electron chi connectivity index (χ0n) is 6.87. The first-order chi connectivity index (χ1) is 4.99. The number of hydrogen-bond acceptors (Lipinski definition) is 3. The van der Waals surface area contributed by atoms with E-state index >= 15 is 0 Å². The number of thiol groups is 1. The van der Waals surface area contributed by atoms with E-state index in [1.165, 1.54) is 0 Å². The molecule has 0 aromatic rings. The van der Waals surface area contributed by atoms with E-state index in [4.69, 9.17) is 10.8 Å². The maximum atomic E-state index is 10.7. The molecule has 3 nitrogen and oxygen atoms in total. The third-order valence-electron chi connectivity index (χ3n) is 2.15. The summed E-state index contributed by atoms with van der Waals surface area (Å²) in [6.07, 6.45) is 0.753. The molecular weight excluding hydrogens is 162 g/mol. The Hall–Kier alpha value is -0.220. The quantitative estimate of drug-likeness (QED) is 0.555. The van der Waals surface area contributed by atoms with E-state index in [1.54, 1.807) is 0 Å². The van der Waals surface area contributed by atoms with Crippen LogP contribution in [0, 0.1) is 5.92 Å². The highest BCUT2D eigenvalue weighted by Crippen LogP contribution is 2.19. The monoisotopic (exact) mass is 177 g/mol. The lowest BCUT2D eigenvalue weighted by Gasteiger charge is -2.28. The molecule has 0 radical (unpaired) electrons. The van der Waals surface area contributed by atoms with Gasteiger partial charge in [0.25, 0.3) is 0 Å². The number of nitrogens with two attached hydrogens (primary N) is 1. The average molecular weight is 177 g/mol. The van der Waals surface area contributed by atoms with Crippen LogP contribution in [-0.2, 0) is 4.79 Å². The van der Waals surface area contributed by atoms with Crippen molar-refractivity contribution in [2.75, 3.05) is 5.75 Å². The minimum absolute atomic E-state index is 0.0440. The molecular formula is C7H15NO2S. The molecule has 0 amide bonds. The molecule has 0 aliphatic rings. The SMILES string of the molecule is CCC(C)[C@@](N)(CS)C(=O)O. The Labute approximate surface area is 72.4 Å². The van der Waals surface area contributed by atoms with Crippen LogP contribution in [0.3, 0.4) is 0 Å². The summed E-state index contributed by atoms with van der Waals surface area (Å²) in [5.74, 6) is -0.837. The molecule has 0 aromatic carbocycles. The summed E-state index contributed by atoms with van der Waals surface area (Å²) >= 11 is 3.93. The lowest BCUT2D eigenvalue weighted by molar-refractivity contribution is -0.144. The Balaban J connectivity index is 4.45. The molecule has 0 spiro atoms. The maximum Gasteiger partial charge on any atom is 0.324 e. The fourth-order valence-corrected chi connectivity index (χ4v) is 1.25. The van der Waals surface area contributed by atoms with E-state index in [2.05, 4.69) is 12.6 Å². The first kappa shape index (κ1) is 10.8. The van der Waals surface area contributed by atoms with Crippen molar-refractivity contribution < 1.29 is 9.90 Å². The fraction of sp³-hybridized carbons (Fsp3) is 0.857. The van der Waals surface area contributed by atoms with Crippen LogP contribution in [0.5, 0.6) is 0 Å². The predicted molar refractivity (Wildman–Crippen MR) is 47.9 cm³/mol. The van der Waals surface area contributed by atoms with Crippen LogP contribution >= 0.6 is 12.6 Å². The molecule has 3 N–H and O–H groups in total. The molecule has 0 saturated carbocycles. The van der Waals surface area contributed by atoms with Gasteiger partial charge in [0.1, 0.15) is 5.54 Å². The molecule has 1 unspecified atom stereocenters. The highest BCUT2D eigenvalue weighted by molar-refractivity contribution is 7.80. The lowest BCUT2D eigenvalue weighted by atomic mass is 9.86. The van der Waals surface area contributed by atoms with Gasteiger partial charge in [0, 0.05) is 5.75 Å². The van der Waals surface area contributed by atoms with Gasteiger partial charge in [-0.2, -0.15) is 12.6 Å². The van der Waals surface area contributed by atoms with Crippen LogP contribution in [0.15, 0.2) is 0 Å². The third-order valence-corrected chi connectivity index (χ3v) is 2.67. The average Bonchev–Trinajstić information content (AvgIpc) is 2.01. The molecule has 2 atom stereocenters. The number of carbonyl (C=O) groups is 1. The standard InChI is InChI=1S/C7H15NO2S/c1-3-5(2)7(8,4-11)6(9)10/h5,11H,3-4,8H2,1-2H3,(H,9,10)/t5?,7-/m0/s1. The first-order valence-corrected chi connectivity index (χ1v) is 4.25. The molecule has 0 fully saturated rings. The Morgan fingerprint density at radius 3 is 2.36 bits per heavy atom. The molecule has 0 rings (SSSR count). The Morgan fingerprint density at radius 1 is 1.82 bits per heavy atom. The normalized spacial score (nSPS) is 18.9. The Bertz CT molecular complexity index is 151.